The number of hydrogen-bond acceptors (Lipinski definition) is 2. The second-order valence-electron chi connectivity index (χ2n) is 4.82. The summed E-state index contributed by atoms with van der Waals surface area (Å²) in [6, 6.07) is 0. The predicted octanol–water partition coefficient (Wildman–Crippen LogP) is 0.211. The lowest BCUT2D eigenvalue weighted by Crippen LogP contribution is -3.00. The zero-order valence-corrected chi connectivity index (χ0v) is 14.1. The van der Waals surface area contributed by atoms with Crippen LogP contribution in [0.1, 0.15) is 45.4 Å². The second-order valence-corrected chi connectivity index (χ2v) is 4.82. The first kappa shape index (κ1) is 19.0. The van der Waals surface area contributed by atoms with Gasteiger partial charge in [-0.25, -0.2) is 9.37 Å². The van der Waals surface area contributed by atoms with Crippen molar-refractivity contribution >= 4 is 18.0 Å². The first-order valence-electron chi connectivity index (χ1n) is 7.17. The van der Waals surface area contributed by atoms with Crippen LogP contribution in [0.15, 0.2) is 17.1 Å². The van der Waals surface area contributed by atoms with Gasteiger partial charge in [-0.15, -0.1) is 0 Å². The molecule has 0 saturated heterocycles. The average Bonchev–Trinajstić information content (AvgIpc) is 2.43. The summed E-state index contributed by atoms with van der Waals surface area (Å²) in [5.74, 6) is 0. The van der Waals surface area contributed by atoms with E-state index in [-0.39, 0.29) is 17.0 Å². The molecule has 0 aromatic rings. The summed E-state index contributed by atoms with van der Waals surface area (Å²) in [5, 5.41) is 0. The zero-order valence-electron chi connectivity index (χ0n) is 12.5. The highest BCUT2D eigenvalue weighted by Crippen LogP contribution is 2.05. The van der Waals surface area contributed by atoms with E-state index in [9.17, 15) is 4.79 Å². The number of carbonyl (C=O) groups is 1. The third-order valence-corrected chi connectivity index (χ3v) is 3.16. The molecule has 0 radical (unpaired) electrons. The molecule has 4 nitrogen and oxygen atoms in total. The smallest absolute Gasteiger partial charge is 0.433 e. The van der Waals surface area contributed by atoms with Crippen molar-refractivity contribution in [1.82, 2.24) is 0 Å². The van der Waals surface area contributed by atoms with Gasteiger partial charge in [0.05, 0.1) is 7.11 Å². The van der Waals surface area contributed by atoms with Crippen molar-refractivity contribution in [2.45, 2.75) is 45.4 Å². The van der Waals surface area contributed by atoms with Gasteiger partial charge in [0.25, 0.3) is 0 Å². The molecular weight excluding hydrogens is 320 g/mol. The monoisotopic (exact) mass is 344 g/mol. The number of amides is 1. The molecule has 0 aromatic heterocycles. The van der Waals surface area contributed by atoms with E-state index < -0.39 is 6.09 Å². The number of halogens is 1. The Morgan fingerprint density at radius 1 is 1.30 bits per heavy atom. The summed E-state index contributed by atoms with van der Waals surface area (Å²) >= 11 is 0. The zero-order chi connectivity index (χ0) is 13.9. The largest absolute Gasteiger partial charge is 1.00 e. The summed E-state index contributed by atoms with van der Waals surface area (Å²) in [6.45, 7) is 3.95. The Morgan fingerprint density at radius 3 is 2.70 bits per heavy atom. The average molecular weight is 345 g/mol. The number of ether oxygens (including phenoxy) is 1. The van der Waals surface area contributed by atoms with Crippen molar-refractivity contribution < 1.29 is 31.1 Å². The molecule has 1 rings (SSSR count). The predicted molar refractivity (Wildman–Crippen MR) is 78.4 cm³/mol. The molecule has 0 saturated carbocycles. The van der Waals surface area contributed by atoms with E-state index in [0.717, 1.165) is 12.3 Å². The lowest BCUT2D eigenvalue weighted by Gasteiger charge is -2.06. The molecular formula is C15H25BrN2O2. The van der Waals surface area contributed by atoms with Gasteiger partial charge in [0.1, 0.15) is 12.3 Å². The van der Waals surface area contributed by atoms with Gasteiger partial charge in [-0.2, -0.15) is 4.99 Å². The van der Waals surface area contributed by atoms with Gasteiger partial charge in [0.2, 0.25) is 0 Å². The highest BCUT2D eigenvalue weighted by atomic mass is 79.9. The van der Waals surface area contributed by atoms with E-state index in [1.165, 1.54) is 45.6 Å². The first-order valence-corrected chi connectivity index (χ1v) is 7.17. The number of aliphatic imine (C=N–C) groups is 1. The quantitative estimate of drug-likeness (QED) is 0.489. The lowest BCUT2D eigenvalue weighted by molar-refractivity contribution is -0.508. The van der Waals surface area contributed by atoms with Gasteiger partial charge in [-0.05, 0) is 12.5 Å². The first-order chi connectivity index (χ1) is 9.26. The molecule has 0 aliphatic carbocycles. The summed E-state index contributed by atoms with van der Waals surface area (Å²) in [5.41, 5.74) is 0.764. The van der Waals surface area contributed by atoms with Crippen LogP contribution in [-0.4, -0.2) is 42.8 Å². The van der Waals surface area contributed by atoms with Crippen molar-refractivity contribution in [2.24, 2.45) is 4.99 Å². The van der Waals surface area contributed by atoms with E-state index in [0.29, 0.717) is 6.54 Å². The third kappa shape index (κ3) is 8.25. The highest BCUT2D eigenvalue weighted by Gasteiger charge is 2.12. The topological polar surface area (TPSA) is 41.7 Å². The van der Waals surface area contributed by atoms with E-state index >= 15 is 0 Å². The maximum atomic E-state index is 11.1. The van der Waals surface area contributed by atoms with Crippen molar-refractivity contribution in [2.75, 3.05) is 20.2 Å². The summed E-state index contributed by atoms with van der Waals surface area (Å²) < 4.78 is 6.73. The van der Waals surface area contributed by atoms with Crippen LogP contribution in [0.2, 0.25) is 0 Å². The van der Waals surface area contributed by atoms with Crippen molar-refractivity contribution in [3.63, 3.8) is 0 Å². The van der Waals surface area contributed by atoms with Crippen molar-refractivity contribution in [1.29, 1.82) is 0 Å². The molecule has 0 N–H and O–H groups in total. The molecule has 0 spiro atoms. The van der Waals surface area contributed by atoms with Crippen LogP contribution in [0.5, 0.6) is 0 Å². The molecule has 0 aromatic carbocycles. The van der Waals surface area contributed by atoms with Crippen LogP contribution in [0.4, 0.5) is 4.79 Å². The molecule has 0 bridgehead atoms. The molecule has 20 heavy (non-hydrogen) atoms. The van der Waals surface area contributed by atoms with Gasteiger partial charge < -0.3 is 21.7 Å². The number of nitrogens with zero attached hydrogens (tertiary/aromatic N) is 2. The Balaban J connectivity index is 0.00000361. The Kier molecular flexibility index (Phi) is 11.3. The third-order valence-electron chi connectivity index (χ3n) is 3.16. The molecule has 5 heteroatoms. The maximum absolute atomic E-state index is 11.1. The van der Waals surface area contributed by atoms with E-state index in [1.54, 1.807) is 0 Å². The second kappa shape index (κ2) is 11.8. The Hall–Kier alpha value is -0.970. The summed E-state index contributed by atoms with van der Waals surface area (Å²) in [7, 11) is 1.35. The SMILES string of the molecule is CCCCCCCC[N+]1=CC=CC(=NC(=O)OC)C1.[Br-]. The van der Waals surface area contributed by atoms with E-state index in [2.05, 4.69) is 27.4 Å². The number of allylic oxidation sites excluding steroid dienone is 1. The van der Waals surface area contributed by atoms with Crippen LogP contribution in [-0.2, 0) is 4.74 Å². The molecule has 1 amide bonds. The molecule has 0 atom stereocenters. The minimum Gasteiger partial charge on any atom is -1.00 e. The Bertz CT molecular complexity index is 376. The summed E-state index contributed by atoms with van der Waals surface area (Å²) in [6.07, 6.45) is 13.1. The fraction of sp³-hybridized carbons (Fsp3) is 0.667. The summed E-state index contributed by atoms with van der Waals surface area (Å²) in [4.78, 5) is 15.0. The molecule has 0 fully saturated rings. The fourth-order valence-corrected chi connectivity index (χ4v) is 2.07. The molecule has 0 unspecified atom stereocenters. The van der Waals surface area contributed by atoms with Crippen LogP contribution in [0, 0.1) is 0 Å². The molecule has 1 aliphatic heterocycles. The van der Waals surface area contributed by atoms with Crippen LogP contribution in [0.3, 0.4) is 0 Å². The fourth-order valence-electron chi connectivity index (χ4n) is 2.07. The molecule has 1 heterocycles. The van der Waals surface area contributed by atoms with Crippen LogP contribution >= 0.6 is 0 Å². The van der Waals surface area contributed by atoms with Gasteiger partial charge in [-0.1, -0.05) is 32.6 Å². The van der Waals surface area contributed by atoms with Gasteiger partial charge in [-0.3, -0.25) is 0 Å². The lowest BCUT2D eigenvalue weighted by atomic mass is 10.1. The van der Waals surface area contributed by atoms with Crippen molar-refractivity contribution in [3.8, 4) is 0 Å². The van der Waals surface area contributed by atoms with Gasteiger partial charge in [0, 0.05) is 12.5 Å². The number of hydrogen-bond donors (Lipinski definition) is 0. The van der Waals surface area contributed by atoms with E-state index in [4.69, 9.17) is 0 Å². The van der Waals surface area contributed by atoms with Crippen molar-refractivity contribution in [3.05, 3.63) is 12.2 Å². The Morgan fingerprint density at radius 2 is 2.00 bits per heavy atom. The number of methoxy groups -OCH3 is 1. The van der Waals surface area contributed by atoms with Gasteiger partial charge >= 0.3 is 6.09 Å². The number of carbonyl (C=O) groups excluding carboxylic acids is 1. The number of unbranched alkanes of at least 4 members (excludes halogenated alkanes) is 5. The number of rotatable bonds is 7. The van der Waals surface area contributed by atoms with E-state index in [1.807, 2.05) is 12.2 Å². The normalized spacial score (nSPS) is 15.7. The van der Waals surface area contributed by atoms with Gasteiger partial charge in [0.15, 0.2) is 12.8 Å². The standard InChI is InChI=1S/C15H25N2O2.BrH/c1-3-4-5-6-7-8-11-17-12-9-10-14(13-17)16-15(18)19-2;/h9-10,12H,3-8,11,13H2,1-2H3;1H/q+1;/p-1. The molecule has 1 aliphatic rings. The molecule has 114 valence electrons. The maximum Gasteiger partial charge on any atom is 0.433 e. The minimum atomic E-state index is -0.527. The Labute approximate surface area is 132 Å². The minimum absolute atomic E-state index is 0. The van der Waals surface area contributed by atoms with Crippen LogP contribution < -0.4 is 17.0 Å². The highest BCUT2D eigenvalue weighted by molar-refractivity contribution is 6.04. The van der Waals surface area contributed by atoms with Crippen LogP contribution in [0.25, 0.3) is 0 Å².